The third kappa shape index (κ3) is 5.34. The Balaban J connectivity index is 1.98. The van der Waals surface area contributed by atoms with Crippen LogP contribution in [0.5, 0.6) is 0 Å². The molecule has 6 nitrogen and oxygen atoms in total. The lowest BCUT2D eigenvalue weighted by Gasteiger charge is -2.31. The molecule has 1 atom stereocenters. The molecule has 0 radical (unpaired) electrons. The molecule has 1 saturated heterocycles. The molecule has 1 aromatic heterocycles. The number of ether oxygens (including phenoxy) is 2. The van der Waals surface area contributed by atoms with Crippen LogP contribution in [0.25, 0.3) is 0 Å². The van der Waals surface area contributed by atoms with Crippen LogP contribution >= 0.6 is 0 Å². The fourth-order valence-electron chi connectivity index (χ4n) is 2.99. The van der Waals surface area contributed by atoms with Crippen molar-refractivity contribution in [2.75, 3.05) is 46.5 Å². The largest absolute Gasteiger partial charge is 0.463 e. The van der Waals surface area contributed by atoms with Crippen molar-refractivity contribution in [1.29, 1.82) is 0 Å². The SMILES string of the molecule is CCOCCN(Cc1ccc(C(=O)OC)o1)CC1(C)CCNC1. The second-order valence-corrected chi connectivity index (χ2v) is 6.40. The van der Waals surface area contributed by atoms with Gasteiger partial charge < -0.3 is 19.2 Å². The zero-order valence-corrected chi connectivity index (χ0v) is 14.4. The zero-order chi connectivity index (χ0) is 16.7. The van der Waals surface area contributed by atoms with E-state index in [1.54, 1.807) is 6.07 Å². The Labute approximate surface area is 138 Å². The molecule has 0 amide bonds. The second kappa shape index (κ2) is 8.47. The lowest BCUT2D eigenvalue weighted by molar-refractivity contribution is 0.0556. The minimum Gasteiger partial charge on any atom is -0.463 e. The first kappa shape index (κ1) is 18.0. The predicted octanol–water partition coefficient (Wildman–Crippen LogP) is 1.90. The number of carbonyl (C=O) groups is 1. The Hall–Kier alpha value is -1.37. The summed E-state index contributed by atoms with van der Waals surface area (Å²) in [6.07, 6.45) is 1.17. The highest BCUT2D eigenvalue weighted by atomic mass is 16.5. The van der Waals surface area contributed by atoms with Crippen LogP contribution in [0.4, 0.5) is 0 Å². The summed E-state index contributed by atoms with van der Waals surface area (Å²) in [5.74, 6) is 0.585. The topological polar surface area (TPSA) is 63.9 Å². The van der Waals surface area contributed by atoms with Gasteiger partial charge >= 0.3 is 5.97 Å². The Bertz CT molecular complexity index is 495. The van der Waals surface area contributed by atoms with Crippen LogP contribution in [0.3, 0.4) is 0 Å². The average molecular weight is 324 g/mol. The second-order valence-electron chi connectivity index (χ2n) is 6.40. The Morgan fingerprint density at radius 3 is 2.96 bits per heavy atom. The monoisotopic (exact) mass is 324 g/mol. The number of methoxy groups -OCH3 is 1. The number of esters is 1. The average Bonchev–Trinajstić information content (AvgIpc) is 3.16. The van der Waals surface area contributed by atoms with Crippen LogP contribution in [-0.2, 0) is 16.0 Å². The quantitative estimate of drug-likeness (QED) is 0.553. The van der Waals surface area contributed by atoms with Gasteiger partial charge in [-0.2, -0.15) is 0 Å². The molecule has 6 heteroatoms. The van der Waals surface area contributed by atoms with Crippen molar-refractivity contribution in [2.24, 2.45) is 5.41 Å². The third-order valence-electron chi connectivity index (χ3n) is 4.25. The van der Waals surface area contributed by atoms with Crippen LogP contribution < -0.4 is 5.32 Å². The normalized spacial score (nSPS) is 21.0. The van der Waals surface area contributed by atoms with Gasteiger partial charge in [0.1, 0.15) is 5.76 Å². The molecule has 1 aromatic rings. The van der Waals surface area contributed by atoms with Crippen molar-refractivity contribution in [1.82, 2.24) is 10.2 Å². The number of hydrogen-bond acceptors (Lipinski definition) is 6. The van der Waals surface area contributed by atoms with Gasteiger partial charge in [-0.25, -0.2) is 4.79 Å². The molecule has 1 N–H and O–H groups in total. The van der Waals surface area contributed by atoms with Crippen molar-refractivity contribution in [3.05, 3.63) is 23.7 Å². The molecule has 0 spiro atoms. The molecule has 1 unspecified atom stereocenters. The highest BCUT2D eigenvalue weighted by molar-refractivity contribution is 5.86. The summed E-state index contributed by atoms with van der Waals surface area (Å²) in [5, 5.41) is 3.43. The van der Waals surface area contributed by atoms with E-state index in [1.165, 1.54) is 13.5 Å². The summed E-state index contributed by atoms with van der Waals surface area (Å²) < 4.78 is 15.8. The number of rotatable bonds is 9. The van der Waals surface area contributed by atoms with Crippen LogP contribution in [0.1, 0.15) is 36.6 Å². The first-order valence-electron chi connectivity index (χ1n) is 8.24. The lowest BCUT2D eigenvalue weighted by atomic mass is 9.89. The van der Waals surface area contributed by atoms with E-state index in [9.17, 15) is 4.79 Å². The van der Waals surface area contributed by atoms with E-state index in [2.05, 4.69) is 21.9 Å². The highest BCUT2D eigenvalue weighted by Gasteiger charge is 2.31. The minimum absolute atomic E-state index is 0.251. The molecule has 2 heterocycles. The summed E-state index contributed by atoms with van der Waals surface area (Å²) in [6.45, 7) is 10.3. The third-order valence-corrected chi connectivity index (χ3v) is 4.25. The van der Waals surface area contributed by atoms with Crippen LogP contribution in [0, 0.1) is 5.41 Å². The number of furan rings is 1. The van der Waals surface area contributed by atoms with E-state index in [1.807, 2.05) is 13.0 Å². The first-order valence-corrected chi connectivity index (χ1v) is 8.24. The van der Waals surface area contributed by atoms with Gasteiger partial charge in [0.05, 0.1) is 20.3 Å². The molecule has 1 aliphatic heterocycles. The molecule has 2 rings (SSSR count). The maximum absolute atomic E-state index is 11.5. The summed E-state index contributed by atoms with van der Waals surface area (Å²) >= 11 is 0. The molecule has 1 fully saturated rings. The highest BCUT2D eigenvalue weighted by Crippen LogP contribution is 2.26. The van der Waals surface area contributed by atoms with E-state index in [0.717, 1.165) is 38.5 Å². The molecule has 0 aromatic carbocycles. The van der Waals surface area contributed by atoms with Crippen molar-refractivity contribution < 1.29 is 18.7 Å². The van der Waals surface area contributed by atoms with Crippen molar-refractivity contribution in [3.63, 3.8) is 0 Å². The summed E-state index contributed by atoms with van der Waals surface area (Å²) in [6, 6.07) is 3.51. The molecule has 130 valence electrons. The fourth-order valence-corrected chi connectivity index (χ4v) is 2.99. The van der Waals surface area contributed by atoms with Gasteiger partial charge in [0.2, 0.25) is 5.76 Å². The van der Waals surface area contributed by atoms with Crippen molar-refractivity contribution in [3.8, 4) is 0 Å². The summed E-state index contributed by atoms with van der Waals surface area (Å²) in [7, 11) is 1.35. The van der Waals surface area contributed by atoms with Gasteiger partial charge in [0.15, 0.2) is 0 Å². The summed E-state index contributed by atoms with van der Waals surface area (Å²) in [5.41, 5.74) is 0.268. The van der Waals surface area contributed by atoms with Gasteiger partial charge in [0, 0.05) is 26.2 Å². The maximum Gasteiger partial charge on any atom is 0.373 e. The Morgan fingerprint density at radius 1 is 1.48 bits per heavy atom. The van der Waals surface area contributed by atoms with Crippen LogP contribution in [0.15, 0.2) is 16.5 Å². The van der Waals surface area contributed by atoms with Gasteiger partial charge in [-0.15, -0.1) is 0 Å². The Kier molecular flexibility index (Phi) is 6.62. The molecule has 0 bridgehead atoms. The van der Waals surface area contributed by atoms with E-state index in [-0.39, 0.29) is 11.2 Å². The zero-order valence-electron chi connectivity index (χ0n) is 14.4. The van der Waals surface area contributed by atoms with Gasteiger partial charge in [-0.05, 0) is 37.4 Å². The van der Waals surface area contributed by atoms with E-state index in [0.29, 0.717) is 13.2 Å². The molecular weight excluding hydrogens is 296 g/mol. The van der Waals surface area contributed by atoms with Gasteiger partial charge in [0.25, 0.3) is 0 Å². The molecular formula is C17H28N2O4. The predicted molar refractivity (Wildman–Crippen MR) is 87.4 cm³/mol. The van der Waals surface area contributed by atoms with Crippen molar-refractivity contribution >= 4 is 5.97 Å². The number of carbonyl (C=O) groups excluding carboxylic acids is 1. The smallest absolute Gasteiger partial charge is 0.373 e. The van der Waals surface area contributed by atoms with Crippen LogP contribution in [-0.4, -0.2) is 57.4 Å². The van der Waals surface area contributed by atoms with E-state index >= 15 is 0 Å². The van der Waals surface area contributed by atoms with Gasteiger partial charge in [-0.3, -0.25) is 4.90 Å². The fraction of sp³-hybridized carbons (Fsp3) is 0.706. The molecule has 0 aliphatic carbocycles. The number of hydrogen-bond donors (Lipinski definition) is 1. The van der Waals surface area contributed by atoms with Crippen LogP contribution in [0.2, 0.25) is 0 Å². The van der Waals surface area contributed by atoms with E-state index in [4.69, 9.17) is 9.15 Å². The molecule has 0 saturated carbocycles. The Morgan fingerprint density at radius 2 is 2.30 bits per heavy atom. The minimum atomic E-state index is -0.441. The standard InChI is InChI=1S/C17H28N2O4/c1-4-22-10-9-19(13-17(2)7-8-18-12-17)11-14-5-6-15(23-14)16(20)21-3/h5-6,18H,4,7-13H2,1-3H3. The lowest BCUT2D eigenvalue weighted by Crippen LogP contribution is -2.38. The molecule has 1 aliphatic rings. The van der Waals surface area contributed by atoms with Crippen molar-refractivity contribution in [2.45, 2.75) is 26.8 Å². The number of nitrogens with zero attached hydrogens (tertiary/aromatic N) is 1. The summed E-state index contributed by atoms with van der Waals surface area (Å²) in [4.78, 5) is 13.8. The molecule has 23 heavy (non-hydrogen) atoms. The van der Waals surface area contributed by atoms with E-state index < -0.39 is 5.97 Å². The number of nitrogens with one attached hydrogen (secondary N) is 1. The van der Waals surface area contributed by atoms with Gasteiger partial charge in [-0.1, -0.05) is 6.92 Å². The first-order chi connectivity index (χ1) is 11.1. The maximum atomic E-state index is 11.5.